The summed E-state index contributed by atoms with van der Waals surface area (Å²) in [6.07, 6.45) is -28.0. The van der Waals surface area contributed by atoms with E-state index in [-0.39, 0.29) is 69.4 Å². The minimum atomic E-state index is -5.78. The normalized spacial score (nSPS) is 20.2. The SMILES string of the molecule is CC(C)(O)CCl.CC(C)(O)CN1CCn2cc(C(=O)N3CCCC34CCN(C(=O)OC(C(F)(F)F)C(F)(F)F)CC4)nc2C1.O=C(OC(C(F)(F)F)C(F)(F)F)N1CCC2(CCCN2C(=O)c2cn3c(n2)CNCC3)CC1. The highest BCUT2D eigenvalue weighted by atomic mass is 35.5. The lowest BCUT2D eigenvalue weighted by atomic mass is 9.85. The summed E-state index contributed by atoms with van der Waals surface area (Å²) in [5.74, 6) is 1.17. The number of β-amino-alcohol motifs (C(OH)–C–C–N with tert-alkyl or cyclic N) is 1. The molecule has 8 rings (SSSR count). The first-order chi connectivity index (χ1) is 35.4. The highest BCUT2D eigenvalue weighted by Crippen LogP contribution is 2.43. The van der Waals surface area contributed by atoms with Gasteiger partial charge in [-0.1, -0.05) is 0 Å². The van der Waals surface area contributed by atoms with Crippen LogP contribution in [0, 0.1) is 0 Å². The number of imidazole rings is 2. The van der Waals surface area contributed by atoms with Gasteiger partial charge in [-0.15, -0.1) is 11.6 Å². The van der Waals surface area contributed by atoms with Crippen LogP contribution < -0.4 is 5.32 Å². The van der Waals surface area contributed by atoms with Gasteiger partial charge in [0, 0.05) is 95.5 Å². The molecule has 0 radical (unpaired) electrons. The summed E-state index contributed by atoms with van der Waals surface area (Å²) < 4.78 is 164. The van der Waals surface area contributed by atoms with Gasteiger partial charge in [-0.2, -0.15) is 52.7 Å². The van der Waals surface area contributed by atoms with E-state index >= 15 is 0 Å². The molecule has 0 aromatic carbocycles. The van der Waals surface area contributed by atoms with Crippen molar-refractivity contribution < 1.29 is 91.5 Å². The van der Waals surface area contributed by atoms with E-state index in [2.05, 4.69) is 24.8 Å². The average Bonchev–Trinajstić information content (AvgIpc) is 4.14. The third kappa shape index (κ3) is 15.3. The van der Waals surface area contributed by atoms with Gasteiger partial charge in [0.05, 0.1) is 30.2 Å². The molecule has 4 amide bonds. The lowest BCUT2D eigenvalue weighted by molar-refractivity contribution is -0.309. The zero-order valence-electron chi connectivity index (χ0n) is 42.6. The summed E-state index contributed by atoms with van der Waals surface area (Å²) in [6.45, 7) is 11.3. The Morgan fingerprint density at radius 1 is 0.597 bits per heavy atom. The van der Waals surface area contributed by atoms with Crippen LogP contribution in [0.1, 0.15) is 112 Å². The number of fused-ring (bicyclic) bond motifs is 2. The number of hydrogen-bond donors (Lipinski definition) is 3. The molecule has 436 valence electrons. The van der Waals surface area contributed by atoms with Crippen molar-refractivity contribution in [3.8, 4) is 0 Å². The van der Waals surface area contributed by atoms with Crippen molar-refractivity contribution in [2.45, 2.75) is 164 Å². The number of aliphatic hydroxyl groups is 2. The molecule has 4 saturated heterocycles. The van der Waals surface area contributed by atoms with Gasteiger partial charge in [-0.25, -0.2) is 19.6 Å². The van der Waals surface area contributed by atoms with Gasteiger partial charge in [0.2, 0.25) is 0 Å². The maximum Gasteiger partial charge on any atom is 0.434 e. The smallest absolute Gasteiger partial charge is 0.426 e. The molecule has 31 heteroatoms. The Morgan fingerprint density at radius 3 is 1.35 bits per heavy atom. The van der Waals surface area contributed by atoms with E-state index in [1.165, 1.54) is 0 Å². The van der Waals surface area contributed by atoms with Gasteiger partial charge in [0.25, 0.3) is 24.0 Å². The number of hydrogen-bond acceptors (Lipinski definition) is 12. The largest absolute Gasteiger partial charge is 0.434 e. The average molecular weight is 1150 g/mol. The zero-order chi connectivity index (χ0) is 57.3. The van der Waals surface area contributed by atoms with Gasteiger partial charge >= 0.3 is 36.9 Å². The van der Waals surface area contributed by atoms with Crippen molar-refractivity contribution in [2.75, 3.05) is 64.8 Å². The quantitative estimate of drug-likeness (QED) is 0.193. The molecule has 0 saturated carbocycles. The van der Waals surface area contributed by atoms with E-state index in [0.29, 0.717) is 95.4 Å². The fourth-order valence-electron chi connectivity index (χ4n) is 10.4. The third-order valence-corrected chi connectivity index (χ3v) is 14.8. The van der Waals surface area contributed by atoms with Crippen LogP contribution in [-0.2, 0) is 35.7 Å². The van der Waals surface area contributed by atoms with E-state index in [9.17, 15) is 77.0 Å². The lowest BCUT2D eigenvalue weighted by Gasteiger charge is -2.44. The van der Waals surface area contributed by atoms with Crippen molar-refractivity contribution in [3.05, 3.63) is 35.4 Å². The van der Waals surface area contributed by atoms with Crippen LogP contribution in [-0.4, -0.2) is 202 Å². The first-order valence-corrected chi connectivity index (χ1v) is 25.4. The Kier molecular flexibility index (Phi) is 18.4. The second-order valence-electron chi connectivity index (χ2n) is 21.4. The molecule has 6 aliphatic heterocycles. The summed E-state index contributed by atoms with van der Waals surface area (Å²) in [4.78, 5) is 66.9. The molecule has 0 bridgehead atoms. The molecular weight excluding hydrogens is 1080 g/mol. The maximum absolute atomic E-state index is 13.5. The van der Waals surface area contributed by atoms with Gasteiger partial charge < -0.3 is 53.7 Å². The molecular formula is C46H63ClF12N10O8. The highest BCUT2D eigenvalue weighted by Gasteiger charge is 2.62. The van der Waals surface area contributed by atoms with Crippen LogP contribution in [0.25, 0.3) is 0 Å². The van der Waals surface area contributed by atoms with Crippen LogP contribution in [0.4, 0.5) is 62.3 Å². The van der Waals surface area contributed by atoms with Crippen molar-refractivity contribution >= 4 is 35.6 Å². The van der Waals surface area contributed by atoms with Gasteiger partial charge in [0.1, 0.15) is 23.0 Å². The number of halogens is 13. The predicted octanol–water partition coefficient (Wildman–Crippen LogP) is 6.85. The number of nitrogens with one attached hydrogen (secondary N) is 1. The molecule has 0 aliphatic carbocycles. The number of ether oxygens (including phenoxy) is 2. The van der Waals surface area contributed by atoms with Crippen molar-refractivity contribution in [1.82, 2.24) is 48.9 Å². The summed E-state index contributed by atoms with van der Waals surface area (Å²) in [6, 6.07) is 0. The number of amides is 4. The summed E-state index contributed by atoms with van der Waals surface area (Å²) >= 11 is 5.23. The van der Waals surface area contributed by atoms with Crippen molar-refractivity contribution in [2.24, 2.45) is 0 Å². The van der Waals surface area contributed by atoms with Crippen LogP contribution >= 0.6 is 11.6 Å². The summed E-state index contributed by atoms with van der Waals surface area (Å²) in [5.41, 5.74) is -2.30. The number of nitrogens with zero attached hydrogens (tertiary/aromatic N) is 9. The number of carbonyl (C=O) groups excluding carboxylic acids is 4. The van der Waals surface area contributed by atoms with Crippen LogP contribution in [0.2, 0.25) is 0 Å². The third-order valence-electron chi connectivity index (χ3n) is 14.1. The van der Waals surface area contributed by atoms with Crippen molar-refractivity contribution in [1.29, 1.82) is 0 Å². The fraction of sp³-hybridized carbons (Fsp3) is 0.783. The standard InChI is InChI=1S/C23H31F6N5O4.C19H23F6N5O3.C4H9ClO/c1-20(2,37)14-31-10-11-33-12-15(30-16(33)13-31)17(35)34-7-3-4-21(34)5-8-32(9-6-21)19(36)38-18(22(24,25)26)23(27,28)29;20-18(21,22)15(19(23,24)25)33-16(32)28-7-3-17(4-8-28)2-1-6-30(17)14(31)12-11-29-9-5-26-10-13(29)27-12;1-4(2,6)3-5/h12,18,37H,3-11,13-14H2,1-2H3;11,15,26H,1-10H2;6H,3H2,1-2H3. The molecule has 6 aliphatic rings. The summed E-state index contributed by atoms with van der Waals surface area (Å²) in [7, 11) is 0. The Balaban J connectivity index is 0.000000227. The van der Waals surface area contributed by atoms with Crippen LogP contribution in [0.3, 0.4) is 0 Å². The number of alkyl halides is 13. The lowest BCUT2D eigenvalue weighted by Crippen LogP contribution is -2.56. The monoisotopic (exact) mass is 1150 g/mol. The van der Waals surface area contributed by atoms with Crippen LogP contribution in [0.15, 0.2) is 12.4 Å². The molecule has 0 unspecified atom stereocenters. The first-order valence-electron chi connectivity index (χ1n) is 24.8. The molecule has 18 nitrogen and oxygen atoms in total. The highest BCUT2D eigenvalue weighted by molar-refractivity contribution is 6.18. The van der Waals surface area contributed by atoms with E-state index in [0.717, 1.165) is 22.2 Å². The number of aromatic nitrogens is 4. The number of carbonyl (C=O) groups is 4. The van der Waals surface area contributed by atoms with E-state index in [1.54, 1.807) is 49.9 Å². The Labute approximate surface area is 439 Å². The predicted molar refractivity (Wildman–Crippen MR) is 247 cm³/mol. The van der Waals surface area contributed by atoms with E-state index in [1.807, 2.05) is 14.0 Å². The Hall–Kier alpha value is -4.81. The maximum atomic E-state index is 13.5. The Morgan fingerprint density at radius 2 is 0.987 bits per heavy atom. The topological polar surface area (TPSA) is 191 Å². The molecule has 4 fully saturated rings. The van der Waals surface area contributed by atoms with E-state index < -0.39 is 71.4 Å². The van der Waals surface area contributed by atoms with Gasteiger partial charge in [-0.3, -0.25) is 14.5 Å². The second-order valence-corrected chi connectivity index (χ2v) is 21.6. The molecule has 0 atom stereocenters. The molecule has 2 aromatic heterocycles. The fourth-order valence-corrected chi connectivity index (χ4v) is 10.4. The first kappa shape index (κ1) is 61.4. The molecule has 8 heterocycles. The summed E-state index contributed by atoms with van der Waals surface area (Å²) in [5, 5.41) is 22.0. The minimum absolute atomic E-state index is 0.116. The van der Waals surface area contributed by atoms with Crippen LogP contribution in [0.5, 0.6) is 0 Å². The van der Waals surface area contributed by atoms with Gasteiger partial charge in [-0.05, 0) is 79.1 Å². The number of piperidine rings is 2. The Bertz CT molecular complexity index is 2330. The molecule has 77 heavy (non-hydrogen) atoms. The van der Waals surface area contributed by atoms with Crippen molar-refractivity contribution in [3.63, 3.8) is 0 Å². The second kappa shape index (κ2) is 23.1. The number of rotatable bonds is 7. The molecule has 2 aromatic rings. The zero-order valence-corrected chi connectivity index (χ0v) is 43.4. The minimum Gasteiger partial charge on any atom is -0.426 e. The van der Waals surface area contributed by atoms with E-state index in [4.69, 9.17) is 16.7 Å². The molecule has 3 N–H and O–H groups in total. The molecule has 2 spiro atoms. The van der Waals surface area contributed by atoms with Gasteiger partial charge in [0.15, 0.2) is 0 Å². The number of likely N-dealkylation sites (tertiary alicyclic amines) is 4.